The fraction of sp³-hybridized carbons (Fsp3) is 0.227. The molecule has 0 unspecified atom stereocenters. The van der Waals surface area contributed by atoms with Crippen molar-refractivity contribution < 1.29 is 9.53 Å². The largest absolute Gasteiger partial charge is 0.497 e. The predicted molar refractivity (Wildman–Crippen MR) is 114 cm³/mol. The lowest BCUT2D eigenvalue weighted by atomic mass is 9.84. The minimum atomic E-state index is -0.0110. The molecule has 146 valence electrons. The van der Waals surface area contributed by atoms with Crippen molar-refractivity contribution in [2.24, 2.45) is 0 Å². The Labute approximate surface area is 172 Å². The number of nitrogens with zero attached hydrogens (tertiary/aromatic N) is 3. The molecule has 0 radical (unpaired) electrons. The number of hydrogen-bond donors (Lipinski definition) is 1. The molecule has 1 amide bonds. The van der Waals surface area contributed by atoms with Crippen LogP contribution in [0.15, 0.2) is 42.5 Å². The molecule has 0 saturated carbocycles. The summed E-state index contributed by atoms with van der Waals surface area (Å²) in [6.45, 7) is 4.08. The summed E-state index contributed by atoms with van der Waals surface area (Å²) in [7, 11) is 1.65. The molecule has 2 aromatic carbocycles. The highest BCUT2D eigenvalue weighted by Gasteiger charge is 2.33. The van der Waals surface area contributed by atoms with Crippen molar-refractivity contribution >= 4 is 33.3 Å². The first kappa shape index (κ1) is 17.9. The number of aromatic nitrogens is 3. The summed E-state index contributed by atoms with van der Waals surface area (Å²) in [5.74, 6) is 1.50. The Balaban J connectivity index is 1.67. The minimum Gasteiger partial charge on any atom is -0.497 e. The van der Waals surface area contributed by atoms with Gasteiger partial charge in [-0.25, -0.2) is 4.98 Å². The van der Waals surface area contributed by atoms with Crippen LogP contribution in [0.2, 0.25) is 0 Å². The van der Waals surface area contributed by atoms with Crippen molar-refractivity contribution in [1.29, 1.82) is 0 Å². The van der Waals surface area contributed by atoms with Gasteiger partial charge in [-0.1, -0.05) is 35.6 Å². The molecule has 4 aromatic rings. The van der Waals surface area contributed by atoms with Crippen LogP contribution in [-0.4, -0.2) is 27.8 Å². The lowest BCUT2D eigenvalue weighted by Gasteiger charge is -2.25. The summed E-state index contributed by atoms with van der Waals surface area (Å²) in [6.07, 6.45) is 0.418. The summed E-state index contributed by atoms with van der Waals surface area (Å²) >= 11 is 1.53. The van der Waals surface area contributed by atoms with E-state index in [0.717, 1.165) is 38.2 Å². The highest BCUT2D eigenvalue weighted by atomic mass is 32.1. The van der Waals surface area contributed by atoms with E-state index >= 15 is 0 Å². The van der Waals surface area contributed by atoms with Gasteiger partial charge in [-0.15, -0.1) is 0 Å². The number of fused-ring (bicyclic) bond motifs is 2. The first-order valence-electron chi connectivity index (χ1n) is 9.45. The van der Waals surface area contributed by atoms with Crippen molar-refractivity contribution in [3.8, 4) is 10.9 Å². The SMILES string of the molecule is COc1ccc2nc(-n3nc(C)c4c3NC(=O)C[C@@H]4c3ccccc3C)sc2c1. The molecule has 7 heteroatoms. The topological polar surface area (TPSA) is 69.0 Å². The van der Waals surface area contributed by atoms with Crippen LogP contribution in [0, 0.1) is 13.8 Å². The van der Waals surface area contributed by atoms with Crippen molar-refractivity contribution in [3.05, 3.63) is 64.8 Å². The fourth-order valence-corrected chi connectivity index (χ4v) is 4.99. The zero-order valence-corrected chi connectivity index (χ0v) is 17.2. The second-order valence-electron chi connectivity index (χ2n) is 7.25. The number of amides is 1. The van der Waals surface area contributed by atoms with Crippen LogP contribution in [0.1, 0.15) is 34.7 Å². The molecule has 29 heavy (non-hydrogen) atoms. The summed E-state index contributed by atoms with van der Waals surface area (Å²) in [4.78, 5) is 17.3. The molecule has 0 fully saturated rings. The summed E-state index contributed by atoms with van der Waals surface area (Å²) in [5.41, 5.74) is 5.20. The summed E-state index contributed by atoms with van der Waals surface area (Å²) in [5, 5.41) is 8.52. The molecule has 1 atom stereocenters. The Morgan fingerprint density at radius 2 is 2.03 bits per heavy atom. The van der Waals surface area contributed by atoms with E-state index in [1.807, 2.05) is 37.3 Å². The van der Waals surface area contributed by atoms with Crippen LogP contribution < -0.4 is 10.1 Å². The van der Waals surface area contributed by atoms with Crippen LogP contribution in [0.3, 0.4) is 0 Å². The molecule has 1 N–H and O–H groups in total. The lowest BCUT2D eigenvalue weighted by Crippen LogP contribution is -2.25. The molecule has 0 spiro atoms. The van der Waals surface area contributed by atoms with Crippen LogP contribution in [0.5, 0.6) is 5.75 Å². The summed E-state index contributed by atoms with van der Waals surface area (Å²) in [6, 6.07) is 14.0. The van der Waals surface area contributed by atoms with Gasteiger partial charge in [-0.3, -0.25) is 4.79 Å². The van der Waals surface area contributed by atoms with E-state index in [9.17, 15) is 4.79 Å². The van der Waals surface area contributed by atoms with Gasteiger partial charge in [-0.05, 0) is 43.2 Å². The van der Waals surface area contributed by atoms with Gasteiger partial charge in [-0.2, -0.15) is 9.78 Å². The minimum absolute atomic E-state index is 0.00492. The molecular weight excluding hydrogens is 384 g/mol. The Morgan fingerprint density at radius 1 is 1.21 bits per heavy atom. The van der Waals surface area contributed by atoms with Crippen LogP contribution in [0.4, 0.5) is 5.82 Å². The number of methoxy groups -OCH3 is 1. The first-order chi connectivity index (χ1) is 14.0. The van der Waals surface area contributed by atoms with Crippen molar-refractivity contribution in [1.82, 2.24) is 14.8 Å². The molecule has 1 aliphatic heterocycles. The monoisotopic (exact) mass is 404 g/mol. The predicted octanol–water partition coefficient (Wildman–Crippen LogP) is 4.58. The molecule has 2 aromatic heterocycles. The fourth-order valence-electron chi connectivity index (χ4n) is 4.04. The van der Waals surface area contributed by atoms with Crippen molar-refractivity contribution in [2.45, 2.75) is 26.2 Å². The molecule has 0 aliphatic carbocycles. The number of rotatable bonds is 3. The van der Waals surface area contributed by atoms with Crippen molar-refractivity contribution in [2.75, 3.05) is 12.4 Å². The number of hydrogen-bond acceptors (Lipinski definition) is 5. The Kier molecular flexibility index (Phi) is 4.13. The first-order valence-corrected chi connectivity index (χ1v) is 10.3. The Morgan fingerprint density at radius 3 is 2.83 bits per heavy atom. The van der Waals surface area contributed by atoms with E-state index < -0.39 is 0 Å². The maximum atomic E-state index is 12.6. The number of carbonyl (C=O) groups is 1. The standard InChI is InChI=1S/C22H20N4O2S/c1-12-6-4-5-7-15(12)16-11-19(27)24-21-20(16)13(2)25-26(21)22-23-17-9-8-14(28-3)10-18(17)29-22/h4-10,16H,11H2,1-3H3,(H,24,27)/t16-/m1/s1. The highest BCUT2D eigenvalue weighted by Crippen LogP contribution is 2.42. The maximum absolute atomic E-state index is 12.6. The van der Waals surface area contributed by atoms with E-state index in [1.165, 1.54) is 22.5 Å². The molecular formula is C22H20N4O2S. The number of thiazole rings is 1. The van der Waals surface area contributed by atoms with Crippen LogP contribution in [-0.2, 0) is 4.79 Å². The molecule has 1 aliphatic rings. The van der Waals surface area contributed by atoms with Gasteiger partial charge in [0, 0.05) is 17.9 Å². The van der Waals surface area contributed by atoms with Gasteiger partial charge in [0.15, 0.2) is 0 Å². The smallest absolute Gasteiger partial charge is 0.226 e. The quantitative estimate of drug-likeness (QED) is 0.543. The van der Waals surface area contributed by atoms with Crippen molar-refractivity contribution in [3.63, 3.8) is 0 Å². The van der Waals surface area contributed by atoms with E-state index in [4.69, 9.17) is 14.8 Å². The van der Waals surface area contributed by atoms with Gasteiger partial charge < -0.3 is 10.1 Å². The molecule has 3 heterocycles. The average Bonchev–Trinajstić information content (AvgIpc) is 3.28. The number of anilines is 1. The second-order valence-corrected chi connectivity index (χ2v) is 8.26. The number of aryl methyl sites for hydroxylation is 2. The normalized spacial score (nSPS) is 16.0. The Hall–Kier alpha value is -3.19. The van der Waals surface area contributed by atoms with Gasteiger partial charge in [0.05, 0.1) is 23.0 Å². The molecule has 0 bridgehead atoms. The van der Waals surface area contributed by atoms with E-state index in [0.29, 0.717) is 6.42 Å². The number of benzene rings is 2. The van der Waals surface area contributed by atoms with Crippen LogP contribution >= 0.6 is 11.3 Å². The van der Waals surface area contributed by atoms with E-state index in [1.54, 1.807) is 11.8 Å². The number of nitrogens with one attached hydrogen (secondary N) is 1. The highest BCUT2D eigenvalue weighted by molar-refractivity contribution is 7.20. The third-order valence-corrected chi connectivity index (χ3v) is 6.43. The van der Waals surface area contributed by atoms with Crippen LogP contribution in [0.25, 0.3) is 15.3 Å². The van der Waals surface area contributed by atoms with Gasteiger partial charge in [0.25, 0.3) is 0 Å². The number of ether oxygens (including phenoxy) is 1. The van der Waals surface area contributed by atoms with Gasteiger partial charge >= 0.3 is 0 Å². The zero-order valence-electron chi connectivity index (χ0n) is 16.4. The Bertz CT molecular complexity index is 1260. The molecule has 0 saturated heterocycles. The lowest BCUT2D eigenvalue weighted by molar-refractivity contribution is -0.116. The molecule has 5 rings (SSSR count). The third kappa shape index (κ3) is 2.89. The van der Waals surface area contributed by atoms with E-state index in [-0.39, 0.29) is 11.8 Å². The molecule has 6 nitrogen and oxygen atoms in total. The zero-order chi connectivity index (χ0) is 20.1. The maximum Gasteiger partial charge on any atom is 0.226 e. The summed E-state index contributed by atoms with van der Waals surface area (Å²) < 4.78 is 8.10. The van der Waals surface area contributed by atoms with E-state index in [2.05, 4.69) is 24.4 Å². The van der Waals surface area contributed by atoms with Gasteiger partial charge in [0.2, 0.25) is 11.0 Å². The third-order valence-electron chi connectivity index (χ3n) is 5.43. The number of carbonyl (C=O) groups excluding carboxylic acids is 1. The van der Waals surface area contributed by atoms with Gasteiger partial charge in [0.1, 0.15) is 11.6 Å². The second kappa shape index (κ2) is 6.70. The average molecular weight is 404 g/mol.